The molecule has 0 fully saturated rings. The molecule has 0 radical (unpaired) electrons. The number of thioether (sulfide) groups is 1. The number of carbonyl (C=O) groups excluding carboxylic acids is 2. The van der Waals surface area contributed by atoms with Gasteiger partial charge in [0.1, 0.15) is 5.75 Å². The van der Waals surface area contributed by atoms with Crippen LogP contribution < -0.4 is 15.4 Å². The molecule has 12 heteroatoms. The number of amides is 2. The van der Waals surface area contributed by atoms with Gasteiger partial charge in [0.05, 0.1) is 37.1 Å². The van der Waals surface area contributed by atoms with E-state index in [1.807, 2.05) is 25.1 Å². The number of ether oxygens (including phenoxy) is 1. The number of aryl methyl sites for hydroxylation is 1. The van der Waals surface area contributed by atoms with Crippen molar-refractivity contribution in [3.63, 3.8) is 0 Å². The van der Waals surface area contributed by atoms with Gasteiger partial charge in [0.15, 0.2) is 11.0 Å². The zero-order valence-corrected chi connectivity index (χ0v) is 22.5. The molecule has 1 aromatic heterocycles. The summed E-state index contributed by atoms with van der Waals surface area (Å²) in [6.45, 7) is 1.81. The minimum Gasteiger partial charge on any atom is -0.497 e. The van der Waals surface area contributed by atoms with Gasteiger partial charge < -0.3 is 15.4 Å². The maximum atomic E-state index is 13.4. The summed E-state index contributed by atoms with van der Waals surface area (Å²) >= 11 is 1.02. The second kappa shape index (κ2) is 12.7. The number of hydrogen-bond donors (Lipinski definition) is 2. The molecule has 3 aromatic carbocycles. The van der Waals surface area contributed by atoms with E-state index in [0.717, 1.165) is 35.0 Å². The van der Waals surface area contributed by atoms with Crippen LogP contribution >= 0.6 is 11.8 Å². The Labute approximate surface area is 233 Å². The smallest absolute Gasteiger partial charge is 0.416 e. The molecule has 208 valence electrons. The van der Waals surface area contributed by atoms with Crippen LogP contribution in [0.3, 0.4) is 0 Å². The van der Waals surface area contributed by atoms with E-state index in [2.05, 4.69) is 20.8 Å². The number of hydrogen-bond acceptors (Lipinski definition) is 6. The fourth-order valence-electron chi connectivity index (χ4n) is 3.81. The van der Waals surface area contributed by atoms with Gasteiger partial charge in [-0.15, -0.1) is 10.2 Å². The molecule has 0 saturated heterocycles. The van der Waals surface area contributed by atoms with Gasteiger partial charge in [0, 0.05) is 5.69 Å². The maximum Gasteiger partial charge on any atom is 0.416 e. The van der Waals surface area contributed by atoms with Gasteiger partial charge in [-0.1, -0.05) is 42.1 Å². The highest BCUT2D eigenvalue weighted by molar-refractivity contribution is 7.99. The molecule has 0 saturated carbocycles. The van der Waals surface area contributed by atoms with Crippen LogP contribution in [0, 0.1) is 6.92 Å². The molecule has 0 aliphatic carbocycles. The van der Waals surface area contributed by atoms with Gasteiger partial charge in [-0.3, -0.25) is 14.2 Å². The van der Waals surface area contributed by atoms with Crippen molar-refractivity contribution in [3.05, 3.63) is 95.3 Å². The molecule has 0 bridgehead atoms. The molecule has 0 spiro atoms. The van der Waals surface area contributed by atoms with Gasteiger partial charge in [-0.05, 0) is 60.5 Å². The summed E-state index contributed by atoms with van der Waals surface area (Å²) < 4.78 is 46.9. The highest BCUT2D eigenvalue weighted by Gasteiger charge is 2.31. The summed E-state index contributed by atoms with van der Waals surface area (Å²) in [4.78, 5) is 25.1. The summed E-state index contributed by atoms with van der Waals surface area (Å²) in [5, 5.41) is 14.0. The Hall–Kier alpha value is -4.32. The monoisotopic (exact) mass is 569 g/mol. The minimum atomic E-state index is -4.56. The quantitative estimate of drug-likeness (QED) is 0.255. The normalized spacial score (nSPS) is 11.2. The number of aromatic nitrogens is 3. The molecular formula is C28H26F3N5O3S. The minimum absolute atomic E-state index is 0.0606. The molecule has 0 aliphatic heterocycles. The molecule has 8 nitrogen and oxygen atoms in total. The Morgan fingerprint density at radius 2 is 1.73 bits per heavy atom. The van der Waals surface area contributed by atoms with Crippen LogP contribution in [0.4, 0.5) is 18.9 Å². The van der Waals surface area contributed by atoms with Crippen LogP contribution in [-0.4, -0.2) is 39.4 Å². The SMILES string of the molecule is COc1ccc(CC(=O)NCc2nnc(SCC(=O)Nc3cccc(C)c3)n2-c2cccc(C(F)(F)F)c2)cc1. The third kappa shape index (κ3) is 7.63. The lowest BCUT2D eigenvalue weighted by molar-refractivity contribution is -0.137. The topological polar surface area (TPSA) is 98.1 Å². The number of nitrogens with one attached hydrogen (secondary N) is 2. The Kier molecular flexibility index (Phi) is 9.10. The van der Waals surface area contributed by atoms with Crippen molar-refractivity contribution in [2.45, 2.75) is 31.2 Å². The number of anilines is 1. The third-order valence-electron chi connectivity index (χ3n) is 5.73. The number of halogens is 3. The number of alkyl halides is 3. The number of rotatable bonds is 10. The van der Waals surface area contributed by atoms with Crippen molar-refractivity contribution < 1.29 is 27.5 Å². The molecular weight excluding hydrogens is 543 g/mol. The predicted molar refractivity (Wildman–Crippen MR) is 145 cm³/mol. The highest BCUT2D eigenvalue weighted by atomic mass is 32.2. The van der Waals surface area contributed by atoms with Crippen molar-refractivity contribution >= 4 is 29.3 Å². The van der Waals surface area contributed by atoms with E-state index in [9.17, 15) is 22.8 Å². The summed E-state index contributed by atoms with van der Waals surface area (Å²) in [5.41, 5.74) is 1.68. The van der Waals surface area contributed by atoms with Gasteiger partial charge in [-0.25, -0.2) is 0 Å². The van der Waals surface area contributed by atoms with Gasteiger partial charge >= 0.3 is 6.18 Å². The van der Waals surface area contributed by atoms with Gasteiger partial charge in [0.25, 0.3) is 0 Å². The van der Waals surface area contributed by atoms with Crippen molar-refractivity contribution in [1.29, 1.82) is 0 Å². The van der Waals surface area contributed by atoms with Crippen LogP contribution in [0.25, 0.3) is 5.69 Å². The first kappa shape index (κ1) is 28.7. The van der Waals surface area contributed by atoms with E-state index >= 15 is 0 Å². The van der Waals surface area contributed by atoms with Crippen LogP contribution in [0.2, 0.25) is 0 Å². The number of nitrogens with zero attached hydrogens (tertiary/aromatic N) is 3. The molecule has 0 unspecified atom stereocenters. The van der Waals surface area contributed by atoms with Crippen molar-refractivity contribution in [2.75, 3.05) is 18.2 Å². The van der Waals surface area contributed by atoms with Crippen molar-refractivity contribution in [1.82, 2.24) is 20.1 Å². The van der Waals surface area contributed by atoms with E-state index in [4.69, 9.17) is 4.74 Å². The largest absolute Gasteiger partial charge is 0.497 e. The van der Waals surface area contributed by atoms with Gasteiger partial charge in [0.2, 0.25) is 11.8 Å². The molecule has 40 heavy (non-hydrogen) atoms. The van der Waals surface area contributed by atoms with Gasteiger partial charge in [-0.2, -0.15) is 13.2 Å². The fourth-order valence-corrected chi connectivity index (χ4v) is 4.58. The van der Waals surface area contributed by atoms with Crippen LogP contribution in [0.1, 0.15) is 22.5 Å². The van der Waals surface area contributed by atoms with E-state index in [1.165, 1.54) is 16.7 Å². The summed E-state index contributed by atoms with van der Waals surface area (Å²) in [6.07, 6.45) is -4.47. The van der Waals surface area contributed by atoms with E-state index in [0.29, 0.717) is 11.4 Å². The number of carbonyl (C=O) groups is 2. The predicted octanol–water partition coefficient (Wildman–Crippen LogP) is 5.19. The Morgan fingerprint density at radius 3 is 2.42 bits per heavy atom. The van der Waals surface area contributed by atoms with Crippen LogP contribution in [-0.2, 0) is 28.7 Å². The molecule has 0 atom stereocenters. The molecule has 4 rings (SSSR count). The standard InChI is InChI=1S/C28H26F3N5O3S/c1-18-5-3-7-21(13-18)33-26(38)17-40-27-35-34-24(36(27)22-8-4-6-20(15-22)28(29,30)31)16-32-25(37)14-19-9-11-23(39-2)12-10-19/h3-13,15H,14,16-17H2,1-2H3,(H,32,37)(H,33,38). The molecule has 2 N–H and O–H groups in total. The second-order valence-electron chi connectivity index (χ2n) is 8.79. The van der Waals surface area contributed by atoms with Crippen molar-refractivity contribution in [2.24, 2.45) is 0 Å². The lowest BCUT2D eigenvalue weighted by Crippen LogP contribution is -2.26. The molecule has 4 aromatic rings. The Balaban J connectivity index is 1.52. The second-order valence-corrected chi connectivity index (χ2v) is 9.73. The van der Waals surface area contributed by atoms with E-state index in [-0.39, 0.29) is 47.2 Å². The van der Waals surface area contributed by atoms with Crippen LogP contribution in [0.5, 0.6) is 5.75 Å². The zero-order valence-electron chi connectivity index (χ0n) is 21.7. The first-order valence-electron chi connectivity index (χ1n) is 12.1. The fraction of sp³-hybridized carbons (Fsp3) is 0.214. The maximum absolute atomic E-state index is 13.4. The Morgan fingerprint density at radius 1 is 0.975 bits per heavy atom. The zero-order chi connectivity index (χ0) is 28.7. The number of methoxy groups -OCH3 is 1. The molecule has 2 amide bonds. The number of benzene rings is 3. The van der Waals surface area contributed by atoms with E-state index < -0.39 is 11.7 Å². The van der Waals surface area contributed by atoms with Crippen LogP contribution in [0.15, 0.2) is 78.0 Å². The average molecular weight is 570 g/mol. The summed E-state index contributed by atoms with van der Waals surface area (Å²) in [6, 6.07) is 19.0. The molecule has 0 aliphatic rings. The lowest BCUT2D eigenvalue weighted by Gasteiger charge is -2.13. The third-order valence-corrected chi connectivity index (χ3v) is 6.66. The summed E-state index contributed by atoms with van der Waals surface area (Å²) in [5.74, 6) is 0.188. The Bertz CT molecular complexity index is 1490. The average Bonchev–Trinajstić information content (AvgIpc) is 3.33. The van der Waals surface area contributed by atoms with Crippen molar-refractivity contribution in [3.8, 4) is 11.4 Å². The summed E-state index contributed by atoms with van der Waals surface area (Å²) in [7, 11) is 1.55. The molecule has 1 heterocycles. The first-order chi connectivity index (χ1) is 19.1. The first-order valence-corrected chi connectivity index (χ1v) is 13.1. The lowest BCUT2D eigenvalue weighted by atomic mass is 10.1. The highest BCUT2D eigenvalue weighted by Crippen LogP contribution is 2.31. The van der Waals surface area contributed by atoms with E-state index in [1.54, 1.807) is 37.4 Å².